The SMILES string of the molecule is CC(C)(c1ccc(F)cc1)C(Cc1cccnc1)NN. The van der Waals surface area contributed by atoms with Gasteiger partial charge in [-0.15, -0.1) is 0 Å². The molecule has 0 amide bonds. The molecule has 3 nitrogen and oxygen atoms in total. The Morgan fingerprint density at radius 3 is 2.50 bits per heavy atom. The Kier molecular flexibility index (Phi) is 4.47. The third kappa shape index (κ3) is 3.21. The van der Waals surface area contributed by atoms with Gasteiger partial charge in [0.1, 0.15) is 5.82 Å². The van der Waals surface area contributed by atoms with E-state index >= 15 is 0 Å². The predicted octanol–water partition coefficient (Wildman–Crippen LogP) is 2.57. The highest BCUT2D eigenvalue weighted by Crippen LogP contribution is 2.28. The van der Waals surface area contributed by atoms with Crippen molar-refractivity contribution < 1.29 is 4.39 Å². The van der Waals surface area contributed by atoms with Gasteiger partial charge in [0.2, 0.25) is 0 Å². The fourth-order valence-corrected chi connectivity index (χ4v) is 2.36. The third-order valence-corrected chi connectivity index (χ3v) is 3.82. The van der Waals surface area contributed by atoms with Crippen LogP contribution in [0, 0.1) is 5.82 Å². The zero-order valence-electron chi connectivity index (χ0n) is 11.8. The first-order chi connectivity index (χ1) is 9.54. The lowest BCUT2D eigenvalue weighted by Crippen LogP contribution is -2.49. The molecule has 20 heavy (non-hydrogen) atoms. The van der Waals surface area contributed by atoms with E-state index in [0.717, 1.165) is 17.5 Å². The van der Waals surface area contributed by atoms with Crippen molar-refractivity contribution in [1.82, 2.24) is 10.4 Å². The highest BCUT2D eigenvalue weighted by Gasteiger charge is 2.30. The van der Waals surface area contributed by atoms with E-state index in [1.54, 1.807) is 6.20 Å². The Bertz CT molecular complexity index is 537. The van der Waals surface area contributed by atoms with E-state index in [9.17, 15) is 4.39 Å². The standard InChI is InChI=1S/C16H20FN3/c1-16(2,13-5-7-14(17)8-6-13)15(20-18)10-12-4-3-9-19-11-12/h3-9,11,15,20H,10,18H2,1-2H3. The summed E-state index contributed by atoms with van der Waals surface area (Å²) in [4.78, 5) is 4.12. The van der Waals surface area contributed by atoms with Crippen molar-refractivity contribution in [3.63, 3.8) is 0 Å². The van der Waals surface area contributed by atoms with Crippen LogP contribution in [0.15, 0.2) is 48.8 Å². The number of aromatic nitrogens is 1. The summed E-state index contributed by atoms with van der Waals surface area (Å²) in [6, 6.07) is 10.5. The molecule has 0 aliphatic rings. The average Bonchev–Trinajstić information content (AvgIpc) is 2.46. The van der Waals surface area contributed by atoms with Gasteiger partial charge in [0.05, 0.1) is 0 Å². The van der Waals surface area contributed by atoms with Crippen LogP contribution in [0.1, 0.15) is 25.0 Å². The molecule has 2 rings (SSSR count). The predicted molar refractivity (Wildman–Crippen MR) is 78.5 cm³/mol. The molecule has 1 atom stereocenters. The number of hydrogen-bond donors (Lipinski definition) is 2. The first kappa shape index (κ1) is 14.6. The van der Waals surface area contributed by atoms with Gasteiger partial charge in [-0.3, -0.25) is 16.3 Å². The van der Waals surface area contributed by atoms with E-state index in [4.69, 9.17) is 5.84 Å². The van der Waals surface area contributed by atoms with Gasteiger partial charge in [-0.2, -0.15) is 0 Å². The minimum atomic E-state index is -0.228. The van der Waals surface area contributed by atoms with Crippen LogP contribution in [-0.4, -0.2) is 11.0 Å². The molecule has 4 heteroatoms. The topological polar surface area (TPSA) is 50.9 Å². The van der Waals surface area contributed by atoms with Gasteiger partial charge in [-0.25, -0.2) is 4.39 Å². The van der Waals surface area contributed by atoms with Crippen LogP contribution in [-0.2, 0) is 11.8 Å². The summed E-state index contributed by atoms with van der Waals surface area (Å²) in [6.45, 7) is 4.20. The molecule has 1 unspecified atom stereocenters. The van der Waals surface area contributed by atoms with Gasteiger partial charge in [0.15, 0.2) is 0 Å². The molecule has 106 valence electrons. The van der Waals surface area contributed by atoms with Gasteiger partial charge in [-0.1, -0.05) is 32.0 Å². The molecular weight excluding hydrogens is 253 g/mol. The Labute approximate surface area is 119 Å². The van der Waals surface area contributed by atoms with Crippen LogP contribution < -0.4 is 11.3 Å². The molecule has 0 fully saturated rings. The molecular formula is C16H20FN3. The fraction of sp³-hybridized carbons (Fsp3) is 0.312. The number of nitrogens with two attached hydrogens (primary N) is 1. The van der Waals surface area contributed by atoms with Crippen LogP contribution in [0.3, 0.4) is 0 Å². The minimum absolute atomic E-state index is 0.0251. The van der Waals surface area contributed by atoms with Crippen molar-refractivity contribution in [3.05, 3.63) is 65.7 Å². The van der Waals surface area contributed by atoms with E-state index in [2.05, 4.69) is 24.3 Å². The molecule has 0 saturated carbocycles. The maximum absolute atomic E-state index is 13.1. The second kappa shape index (κ2) is 6.11. The first-order valence-corrected chi connectivity index (χ1v) is 6.65. The number of rotatable bonds is 5. The zero-order valence-corrected chi connectivity index (χ0v) is 11.8. The Hall–Kier alpha value is -1.78. The number of hydrazine groups is 1. The monoisotopic (exact) mass is 273 g/mol. The van der Waals surface area contributed by atoms with Crippen LogP contribution in [0.25, 0.3) is 0 Å². The van der Waals surface area contributed by atoms with Gasteiger partial charge >= 0.3 is 0 Å². The second-order valence-electron chi connectivity index (χ2n) is 5.51. The summed E-state index contributed by atoms with van der Waals surface area (Å²) < 4.78 is 13.1. The fourth-order valence-electron chi connectivity index (χ4n) is 2.36. The lowest BCUT2D eigenvalue weighted by atomic mass is 9.76. The molecule has 0 spiro atoms. The van der Waals surface area contributed by atoms with E-state index in [1.165, 1.54) is 12.1 Å². The highest BCUT2D eigenvalue weighted by molar-refractivity contribution is 5.27. The van der Waals surface area contributed by atoms with Crippen molar-refractivity contribution in [3.8, 4) is 0 Å². The van der Waals surface area contributed by atoms with Crippen molar-refractivity contribution in [1.29, 1.82) is 0 Å². The molecule has 1 aromatic carbocycles. The summed E-state index contributed by atoms with van der Waals surface area (Å²) in [5, 5.41) is 0. The molecule has 0 aliphatic carbocycles. The van der Waals surface area contributed by atoms with Crippen molar-refractivity contribution in [2.24, 2.45) is 5.84 Å². The normalized spacial score (nSPS) is 13.2. The Balaban J connectivity index is 2.23. The second-order valence-corrected chi connectivity index (χ2v) is 5.51. The largest absolute Gasteiger partial charge is 0.271 e. The molecule has 0 radical (unpaired) electrons. The summed E-state index contributed by atoms with van der Waals surface area (Å²) in [6.07, 6.45) is 4.35. The van der Waals surface area contributed by atoms with Crippen LogP contribution in [0.5, 0.6) is 0 Å². The van der Waals surface area contributed by atoms with Crippen molar-refractivity contribution in [2.75, 3.05) is 0 Å². The van der Waals surface area contributed by atoms with Gasteiger partial charge in [0.25, 0.3) is 0 Å². The third-order valence-electron chi connectivity index (χ3n) is 3.82. The maximum Gasteiger partial charge on any atom is 0.123 e. The summed E-state index contributed by atoms with van der Waals surface area (Å²) >= 11 is 0. The summed E-state index contributed by atoms with van der Waals surface area (Å²) in [5.74, 6) is 5.50. The summed E-state index contributed by atoms with van der Waals surface area (Å²) in [7, 11) is 0. The number of benzene rings is 1. The number of nitrogens with one attached hydrogen (secondary N) is 1. The molecule has 1 aromatic heterocycles. The van der Waals surface area contributed by atoms with E-state index in [0.29, 0.717) is 0 Å². The van der Waals surface area contributed by atoms with Crippen LogP contribution in [0.4, 0.5) is 4.39 Å². The van der Waals surface area contributed by atoms with Gasteiger partial charge < -0.3 is 0 Å². The number of halogens is 1. The average molecular weight is 273 g/mol. The van der Waals surface area contributed by atoms with Crippen molar-refractivity contribution >= 4 is 0 Å². The molecule has 0 aliphatic heterocycles. The summed E-state index contributed by atoms with van der Waals surface area (Å²) in [5.41, 5.74) is 4.82. The first-order valence-electron chi connectivity index (χ1n) is 6.65. The van der Waals surface area contributed by atoms with Crippen LogP contribution >= 0.6 is 0 Å². The molecule has 1 heterocycles. The minimum Gasteiger partial charge on any atom is -0.271 e. The lowest BCUT2D eigenvalue weighted by molar-refractivity contribution is 0.341. The molecule has 0 bridgehead atoms. The molecule has 2 aromatic rings. The molecule has 0 saturated heterocycles. The molecule has 3 N–H and O–H groups in total. The van der Waals surface area contributed by atoms with Crippen LogP contribution in [0.2, 0.25) is 0 Å². The Morgan fingerprint density at radius 2 is 1.95 bits per heavy atom. The maximum atomic E-state index is 13.1. The van der Waals surface area contributed by atoms with Gasteiger partial charge in [0, 0.05) is 23.9 Å². The lowest BCUT2D eigenvalue weighted by Gasteiger charge is -2.34. The van der Waals surface area contributed by atoms with E-state index < -0.39 is 0 Å². The quantitative estimate of drug-likeness (QED) is 0.650. The Morgan fingerprint density at radius 1 is 1.25 bits per heavy atom. The number of nitrogens with zero attached hydrogens (tertiary/aromatic N) is 1. The van der Waals surface area contributed by atoms with E-state index in [-0.39, 0.29) is 17.3 Å². The number of pyridine rings is 1. The number of hydrogen-bond acceptors (Lipinski definition) is 3. The zero-order chi connectivity index (χ0) is 14.6. The smallest absolute Gasteiger partial charge is 0.123 e. The van der Waals surface area contributed by atoms with Gasteiger partial charge in [-0.05, 0) is 35.7 Å². The highest BCUT2D eigenvalue weighted by atomic mass is 19.1. The van der Waals surface area contributed by atoms with Crippen molar-refractivity contribution in [2.45, 2.75) is 31.7 Å². The van der Waals surface area contributed by atoms with E-state index in [1.807, 2.05) is 30.5 Å².